The summed E-state index contributed by atoms with van der Waals surface area (Å²) in [5, 5.41) is 10.5. The van der Waals surface area contributed by atoms with Crippen LogP contribution >= 0.6 is 0 Å². The van der Waals surface area contributed by atoms with E-state index in [-0.39, 0.29) is 22.9 Å². The Kier molecular flexibility index (Phi) is 3.97. The van der Waals surface area contributed by atoms with E-state index in [1.165, 1.54) is 7.11 Å². The van der Waals surface area contributed by atoms with Crippen LogP contribution in [0.15, 0.2) is 0 Å². The summed E-state index contributed by atoms with van der Waals surface area (Å²) < 4.78 is 4.90. The van der Waals surface area contributed by atoms with Crippen LogP contribution in [0, 0.1) is 22.7 Å². The van der Waals surface area contributed by atoms with Crippen LogP contribution in [0.4, 0.5) is 0 Å². The second kappa shape index (κ2) is 5.08. The highest BCUT2D eigenvalue weighted by Crippen LogP contribution is 2.61. The largest absolute Gasteiger partial charge is 0.469 e. The third kappa shape index (κ3) is 2.31. The highest BCUT2D eigenvalue weighted by molar-refractivity contribution is 5.70. The number of methoxy groups -OCH3 is 1. The molecule has 3 nitrogen and oxygen atoms in total. The van der Waals surface area contributed by atoms with Gasteiger partial charge in [-0.2, -0.15) is 0 Å². The molecule has 3 heteroatoms. The maximum Gasteiger partial charge on any atom is 0.306 e. The van der Waals surface area contributed by atoms with E-state index in [0.717, 1.165) is 32.1 Å². The van der Waals surface area contributed by atoms with E-state index < -0.39 is 0 Å². The minimum Gasteiger partial charge on any atom is -0.469 e. The highest BCUT2D eigenvalue weighted by atomic mass is 16.5. The molecule has 19 heavy (non-hydrogen) atoms. The van der Waals surface area contributed by atoms with Crippen molar-refractivity contribution < 1.29 is 14.6 Å². The molecule has 2 aliphatic rings. The lowest BCUT2D eigenvalue weighted by Crippen LogP contribution is -2.55. The molecular weight excluding hydrogens is 240 g/mol. The van der Waals surface area contributed by atoms with Gasteiger partial charge >= 0.3 is 5.97 Å². The standard InChI is InChI=1S/C16H28O3/c1-11-8-9-15(2)12(6-5-7-13(15)17)16(11,3)10-14(18)19-4/h11-13,17H,5-10H2,1-4H3/t11-,12-,13+,15+,16-/m1/s1. The molecule has 0 spiro atoms. The predicted octanol–water partition coefficient (Wildman–Crippen LogP) is 3.15. The summed E-state index contributed by atoms with van der Waals surface area (Å²) in [6.45, 7) is 6.71. The first-order valence-electron chi connectivity index (χ1n) is 7.59. The van der Waals surface area contributed by atoms with E-state index >= 15 is 0 Å². The first-order chi connectivity index (χ1) is 8.84. The van der Waals surface area contributed by atoms with Gasteiger partial charge in [-0.05, 0) is 48.3 Å². The van der Waals surface area contributed by atoms with E-state index in [9.17, 15) is 9.90 Å². The van der Waals surface area contributed by atoms with Gasteiger partial charge in [0.05, 0.1) is 19.6 Å². The zero-order valence-corrected chi connectivity index (χ0v) is 12.7. The number of ether oxygens (including phenoxy) is 1. The summed E-state index contributed by atoms with van der Waals surface area (Å²) in [4.78, 5) is 11.8. The molecule has 0 saturated heterocycles. The maximum atomic E-state index is 11.8. The number of rotatable bonds is 2. The Hall–Kier alpha value is -0.570. The summed E-state index contributed by atoms with van der Waals surface area (Å²) >= 11 is 0. The van der Waals surface area contributed by atoms with Gasteiger partial charge in [-0.15, -0.1) is 0 Å². The Labute approximate surface area is 116 Å². The van der Waals surface area contributed by atoms with E-state index in [1.54, 1.807) is 0 Å². The Bertz CT molecular complexity index is 354. The number of hydrogen-bond donors (Lipinski definition) is 1. The zero-order chi connectivity index (χ0) is 14.3. The van der Waals surface area contributed by atoms with Gasteiger partial charge in [-0.25, -0.2) is 0 Å². The van der Waals surface area contributed by atoms with Crippen molar-refractivity contribution in [2.75, 3.05) is 7.11 Å². The first-order valence-corrected chi connectivity index (χ1v) is 7.59. The molecule has 1 N–H and O–H groups in total. The molecule has 0 radical (unpaired) electrons. The van der Waals surface area contributed by atoms with Crippen LogP contribution in [0.2, 0.25) is 0 Å². The van der Waals surface area contributed by atoms with Gasteiger partial charge in [0.25, 0.3) is 0 Å². The Morgan fingerprint density at radius 2 is 2.00 bits per heavy atom. The molecule has 0 bridgehead atoms. The zero-order valence-electron chi connectivity index (χ0n) is 12.7. The topological polar surface area (TPSA) is 46.5 Å². The van der Waals surface area contributed by atoms with Crippen LogP contribution in [0.1, 0.15) is 59.3 Å². The molecule has 0 amide bonds. The molecule has 0 unspecified atom stereocenters. The summed E-state index contributed by atoms with van der Waals surface area (Å²) in [5.41, 5.74) is -0.0605. The molecule has 2 fully saturated rings. The molecule has 2 rings (SSSR count). The molecule has 2 saturated carbocycles. The van der Waals surface area contributed by atoms with Crippen molar-refractivity contribution in [3.05, 3.63) is 0 Å². The Morgan fingerprint density at radius 3 is 2.63 bits per heavy atom. The van der Waals surface area contributed by atoms with Crippen molar-refractivity contribution >= 4 is 5.97 Å². The van der Waals surface area contributed by atoms with Gasteiger partial charge in [-0.3, -0.25) is 4.79 Å². The Morgan fingerprint density at radius 1 is 1.32 bits per heavy atom. The molecular formula is C16H28O3. The van der Waals surface area contributed by atoms with E-state index in [1.807, 2.05) is 0 Å². The van der Waals surface area contributed by atoms with Gasteiger partial charge < -0.3 is 9.84 Å². The molecule has 0 aromatic heterocycles. The Balaban J connectivity index is 2.31. The number of carbonyl (C=O) groups is 1. The van der Waals surface area contributed by atoms with Crippen LogP contribution in [0.25, 0.3) is 0 Å². The van der Waals surface area contributed by atoms with Crippen molar-refractivity contribution in [1.29, 1.82) is 0 Å². The van der Waals surface area contributed by atoms with Gasteiger partial charge in [0.15, 0.2) is 0 Å². The fourth-order valence-corrected chi connectivity index (χ4v) is 4.71. The van der Waals surface area contributed by atoms with Gasteiger partial charge in [0.2, 0.25) is 0 Å². The minimum atomic E-state index is -0.212. The summed E-state index contributed by atoms with van der Waals surface area (Å²) in [7, 11) is 1.47. The smallest absolute Gasteiger partial charge is 0.306 e. The molecule has 0 aromatic carbocycles. The van der Waals surface area contributed by atoms with Crippen molar-refractivity contribution in [2.24, 2.45) is 22.7 Å². The normalized spacial score (nSPS) is 46.5. The first kappa shape index (κ1) is 14.8. The number of carbonyl (C=O) groups excluding carboxylic acids is 1. The quantitative estimate of drug-likeness (QED) is 0.783. The van der Waals surface area contributed by atoms with Gasteiger partial charge in [0, 0.05) is 0 Å². The van der Waals surface area contributed by atoms with E-state index in [2.05, 4.69) is 20.8 Å². The fraction of sp³-hybridized carbons (Fsp3) is 0.938. The lowest BCUT2D eigenvalue weighted by molar-refractivity contribution is -0.163. The molecule has 0 aromatic rings. The number of hydrogen-bond acceptors (Lipinski definition) is 3. The summed E-state index contributed by atoms with van der Waals surface area (Å²) in [6, 6.07) is 0. The van der Waals surface area contributed by atoms with Crippen LogP contribution in [-0.2, 0) is 9.53 Å². The van der Waals surface area contributed by atoms with Crippen LogP contribution < -0.4 is 0 Å². The van der Waals surface area contributed by atoms with Gasteiger partial charge in [0.1, 0.15) is 0 Å². The lowest BCUT2D eigenvalue weighted by Gasteiger charge is -2.59. The number of esters is 1. The minimum absolute atomic E-state index is 0.0203. The summed E-state index contributed by atoms with van der Waals surface area (Å²) in [5.74, 6) is 0.820. The predicted molar refractivity (Wildman–Crippen MR) is 74.6 cm³/mol. The molecule has 5 atom stereocenters. The van der Waals surface area contributed by atoms with Crippen molar-refractivity contribution in [1.82, 2.24) is 0 Å². The van der Waals surface area contributed by atoms with Crippen LogP contribution in [0.5, 0.6) is 0 Å². The fourth-order valence-electron chi connectivity index (χ4n) is 4.71. The summed E-state index contributed by atoms with van der Waals surface area (Å²) in [6.07, 6.45) is 5.56. The average molecular weight is 268 g/mol. The third-order valence-electron chi connectivity index (χ3n) is 6.32. The lowest BCUT2D eigenvalue weighted by atomic mass is 9.46. The monoisotopic (exact) mass is 268 g/mol. The van der Waals surface area contributed by atoms with Crippen molar-refractivity contribution in [3.63, 3.8) is 0 Å². The average Bonchev–Trinajstić information content (AvgIpc) is 2.37. The third-order valence-corrected chi connectivity index (χ3v) is 6.32. The molecule has 0 heterocycles. The van der Waals surface area contributed by atoms with Gasteiger partial charge in [-0.1, -0.05) is 27.2 Å². The van der Waals surface area contributed by atoms with E-state index in [0.29, 0.717) is 18.3 Å². The SMILES string of the molecule is COC(=O)C[C@@]1(C)[C@@H]2CCC[C@H](O)[C@@]2(C)CC[C@H]1C. The molecule has 0 aliphatic heterocycles. The van der Waals surface area contributed by atoms with Crippen molar-refractivity contribution in [3.8, 4) is 0 Å². The second-order valence-corrected chi connectivity index (χ2v) is 7.20. The van der Waals surface area contributed by atoms with E-state index in [4.69, 9.17) is 4.74 Å². The number of fused-ring (bicyclic) bond motifs is 1. The van der Waals surface area contributed by atoms with Crippen molar-refractivity contribution in [2.45, 2.75) is 65.4 Å². The maximum absolute atomic E-state index is 11.8. The van der Waals surface area contributed by atoms with Crippen LogP contribution in [-0.4, -0.2) is 24.3 Å². The number of aliphatic hydroxyl groups excluding tert-OH is 1. The highest BCUT2D eigenvalue weighted by Gasteiger charge is 2.56. The molecule has 2 aliphatic carbocycles. The molecule has 110 valence electrons. The number of aliphatic hydroxyl groups is 1. The second-order valence-electron chi connectivity index (χ2n) is 7.20. The van der Waals surface area contributed by atoms with Crippen LogP contribution in [0.3, 0.4) is 0 Å².